The fourth-order valence-corrected chi connectivity index (χ4v) is 3.89. The van der Waals surface area contributed by atoms with E-state index in [1.165, 1.54) is 18.9 Å². The van der Waals surface area contributed by atoms with E-state index in [0.29, 0.717) is 5.67 Å². The fourth-order valence-electron chi connectivity index (χ4n) is 1.37. The molecule has 2 atom stereocenters. The first-order valence-corrected chi connectivity index (χ1v) is 6.17. The zero-order chi connectivity index (χ0) is 7.40. The highest BCUT2D eigenvalue weighted by atomic mass is 28.3. The molecule has 0 amide bonds. The first kappa shape index (κ1) is 11.4. The molecule has 0 saturated carbocycles. The summed E-state index contributed by atoms with van der Waals surface area (Å²) in [5, 5.41) is 0. The van der Waals surface area contributed by atoms with Crippen LogP contribution in [0.25, 0.3) is 0 Å². The second kappa shape index (κ2) is 5.94. The topological polar surface area (TPSA) is 35.2 Å². The highest BCUT2D eigenvalue weighted by Gasteiger charge is 2.21. The molecule has 0 aromatic carbocycles. The lowest BCUT2D eigenvalue weighted by molar-refractivity contribution is 0.279. The number of nitrogens with two attached hydrogens (primary N) is 1. The highest BCUT2D eigenvalue weighted by Crippen LogP contribution is 2.13. The van der Waals surface area contributed by atoms with Crippen LogP contribution in [0.2, 0.25) is 6.04 Å². The third kappa shape index (κ3) is 3.51. The Kier molecular flexibility index (Phi) is 6.13. The monoisotopic (exact) mass is 191 g/mol. The van der Waals surface area contributed by atoms with Gasteiger partial charge in [0.1, 0.15) is 0 Å². The summed E-state index contributed by atoms with van der Waals surface area (Å²) in [5.41, 5.74) is 6.29. The summed E-state index contributed by atoms with van der Waals surface area (Å²) >= 11 is 0. The molecule has 11 heavy (non-hydrogen) atoms. The van der Waals surface area contributed by atoms with Crippen molar-refractivity contribution < 1.29 is 4.43 Å². The molecular weight excluding hydrogens is 170 g/mol. The molecule has 4 heteroatoms. The van der Waals surface area contributed by atoms with Gasteiger partial charge in [0.05, 0.1) is 0 Å². The Morgan fingerprint density at radius 3 is 2.73 bits per heavy atom. The third-order valence-corrected chi connectivity index (χ3v) is 5.23. The highest BCUT2D eigenvalue weighted by molar-refractivity contribution is 6.53. The predicted molar refractivity (Wildman–Crippen MR) is 56.7 cm³/mol. The second-order valence-corrected chi connectivity index (χ2v) is 5.82. The Morgan fingerprint density at radius 2 is 2.27 bits per heavy atom. The minimum atomic E-state index is -0.943. The second-order valence-electron chi connectivity index (χ2n) is 2.98. The van der Waals surface area contributed by atoms with Crippen molar-refractivity contribution >= 4 is 20.0 Å². The molecule has 0 radical (unpaired) electrons. The van der Waals surface area contributed by atoms with E-state index >= 15 is 0 Å². The van der Waals surface area contributed by atoms with E-state index in [1.54, 1.807) is 0 Å². The maximum Gasteiger partial charge on any atom is 0.193 e. The van der Waals surface area contributed by atoms with Gasteiger partial charge in [-0.2, -0.15) is 0 Å². The Hall–Kier alpha value is 0.354. The van der Waals surface area contributed by atoms with Crippen LogP contribution >= 0.6 is 0 Å². The van der Waals surface area contributed by atoms with Crippen molar-refractivity contribution in [3.8, 4) is 0 Å². The van der Waals surface area contributed by atoms with Crippen LogP contribution < -0.4 is 5.73 Å². The summed E-state index contributed by atoms with van der Waals surface area (Å²) < 4.78 is 5.64. The van der Waals surface area contributed by atoms with E-state index in [0.717, 1.165) is 13.0 Å². The standard InChI is InChI=1S/C7H17NOSi.H4Si/c1-2-7(8)10-6-4-3-5-9-10;/h7,10H,2-6,8H2,1H3;1H4. The van der Waals surface area contributed by atoms with Gasteiger partial charge in [0.15, 0.2) is 9.04 Å². The van der Waals surface area contributed by atoms with Gasteiger partial charge in [0.2, 0.25) is 0 Å². The summed E-state index contributed by atoms with van der Waals surface area (Å²) in [6, 6.07) is 1.30. The molecule has 1 fully saturated rings. The average Bonchev–Trinajstić information content (AvgIpc) is 2.05. The summed E-state index contributed by atoms with van der Waals surface area (Å²) in [4.78, 5) is 0. The first-order chi connectivity index (χ1) is 4.84. The van der Waals surface area contributed by atoms with E-state index in [1.807, 2.05) is 0 Å². The van der Waals surface area contributed by atoms with Crippen LogP contribution in [0.15, 0.2) is 0 Å². The van der Waals surface area contributed by atoms with E-state index in [2.05, 4.69) is 6.92 Å². The van der Waals surface area contributed by atoms with Crippen LogP contribution in [-0.4, -0.2) is 32.3 Å². The van der Waals surface area contributed by atoms with Crippen molar-refractivity contribution in [2.24, 2.45) is 5.73 Å². The van der Waals surface area contributed by atoms with Crippen LogP contribution in [0, 0.1) is 0 Å². The van der Waals surface area contributed by atoms with Gasteiger partial charge in [-0.25, -0.2) is 0 Å². The van der Waals surface area contributed by atoms with Gasteiger partial charge in [-0.15, -0.1) is 0 Å². The first-order valence-electron chi connectivity index (χ1n) is 4.21. The SMILES string of the molecule is CCC(N)[SiH]1CCCCO1.[SiH4]. The molecule has 68 valence electrons. The van der Waals surface area contributed by atoms with Gasteiger partial charge in [-0.3, -0.25) is 0 Å². The summed E-state index contributed by atoms with van der Waals surface area (Å²) in [7, 11) is -0.943. The lowest BCUT2D eigenvalue weighted by atomic mass is 10.4. The van der Waals surface area contributed by atoms with Crippen molar-refractivity contribution in [1.29, 1.82) is 0 Å². The molecule has 0 aromatic heterocycles. The van der Waals surface area contributed by atoms with Gasteiger partial charge in [0, 0.05) is 12.3 Å². The largest absolute Gasteiger partial charge is 0.418 e. The Bertz CT molecular complexity index is 96.4. The molecule has 0 aromatic rings. The van der Waals surface area contributed by atoms with Gasteiger partial charge in [0.25, 0.3) is 0 Å². The Balaban J connectivity index is 0.000001000. The summed E-state index contributed by atoms with van der Waals surface area (Å²) in [6.07, 6.45) is 3.70. The maximum atomic E-state index is 5.88. The van der Waals surface area contributed by atoms with E-state index in [4.69, 9.17) is 10.2 Å². The Morgan fingerprint density at radius 1 is 1.55 bits per heavy atom. The number of rotatable bonds is 2. The van der Waals surface area contributed by atoms with Crippen molar-refractivity contribution in [3.63, 3.8) is 0 Å². The van der Waals surface area contributed by atoms with Crippen molar-refractivity contribution in [3.05, 3.63) is 0 Å². The molecule has 0 aliphatic carbocycles. The maximum absolute atomic E-state index is 5.88. The molecule has 1 heterocycles. The van der Waals surface area contributed by atoms with Crippen LogP contribution in [0.3, 0.4) is 0 Å². The smallest absolute Gasteiger partial charge is 0.193 e. The van der Waals surface area contributed by atoms with Crippen LogP contribution in [-0.2, 0) is 4.43 Å². The lowest BCUT2D eigenvalue weighted by Gasteiger charge is -2.25. The fraction of sp³-hybridized carbons (Fsp3) is 1.00. The van der Waals surface area contributed by atoms with Crippen LogP contribution in [0.1, 0.15) is 26.2 Å². The van der Waals surface area contributed by atoms with Gasteiger partial charge in [-0.05, 0) is 29.9 Å². The zero-order valence-corrected chi connectivity index (χ0v) is 7.83. The third-order valence-electron chi connectivity index (χ3n) is 2.16. The molecule has 1 aliphatic heterocycles. The van der Waals surface area contributed by atoms with Gasteiger partial charge < -0.3 is 10.2 Å². The molecular formula is C7H21NOSi2. The van der Waals surface area contributed by atoms with Crippen LogP contribution in [0.5, 0.6) is 0 Å². The molecule has 2 nitrogen and oxygen atoms in total. The molecule has 2 N–H and O–H groups in total. The number of hydrogen-bond donors (Lipinski definition) is 1. The normalized spacial score (nSPS) is 27.3. The van der Waals surface area contributed by atoms with Crippen molar-refractivity contribution in [1.82, 2.24) is 0 Å². The Labute approximate surface area is 75.3 Å². The number of hydrogen-bond acceptors (Lipinski definition) is 2. The van der Waals surface area contributed by atoms with E-state index in [-0.39, 0.29) is 11.0 Å². The molecule has 1 saturated heterocycles. The van der Waals surface area contributed by atoms with Crippen molar-refractivity contribution in [2.75, 3.05) is 6.61 Å². The van der Waals surface area contributed by atoms with E-state index < -0.39 is 9.04 Å². The average molecular weight is 191 g/mol. The van der Waals surface area contributed by atoms with Gasteiger partial charge in [-0.1, -0.05) is 13.3 Å². The zero-order valence-electron chi connectivity index (χ0n) is 6.68. The molecule has 1 rings (SSSR count). The minimum Gasteiger partial charge on any atom is -0.418 e. The molecule has 1 aliphatic rings. The van der Waals surface area contributed by atoms with Crippen LogP contribution in [0.4, 0.5) is 0 Å². The van der Waals surface area contributed by atoms with Gasteiger partial charge >= 0.3 is 0 Å². The van der Waals surface area contributed by atoms with Crippen molar-refractivity contribution in [2.45, 2.75) is 37.9 Å². The summed E-state index contributed by atoms with van der Waals surface area (Å²) in [5.74, 6) is 0. The molecule has 2 unspecified atom stereocenters. The quantitative estimate of drug-likeness (QED) is 0.589. The molecule has 0 spiro atoms. The predicted octanol–water partition coefficient (Wildman–Crippen LogP) is -0.655. The lowest BCUT2D eigenvalue weighted by Crippen LogP contribution is -2.42. The molecule has 0 bridgehead atoms. The van der Waals surface area contributed by atoms with E-state index in [9.17, 15) is 0 Å². The minimum absolute atomic E-state index is 0. The summed E-state index contributed by atoms with van der Waals surface area (Å²) in [6.45, 7) is 3.13.